The number of hydrogen-bond acceptors (Lipinski definition) is 5. The van der Waals surface area contributed by atoms with E-state index in [0.29, 0.717) is 24.5 Å². The van der Waals surface area contributed by atoms with Crippen LogP contribution in [0.2, 0.25) is 0 Å². The molecule has 1 aliphatic rings. The normalized spacial score (nSPS) is 15.2. The highest BCUT2D eigenvalue weighted by Gasteiger charge is 2.25. The molecule has 0 unspecified atom stereocenters. The molecule has 4 rings (SSSR count). The topological polar surface area (TPSA) is 79.4 Å². The minimum absolute atomic E-state index is 0.0846. The number of nitrogens with one attached hydrogen (secondary N) is 1. The Morgan fingerprint density at radius 1 is 1.09 bits per heavy atom. The van der Waals surface area contributed by atoms with E-state index in [9.17, 15) is 17.6 Å². The van der Waals surface area contributed by atoms with E-state index in [1.807, 2.05) is 6.92 Å². The number of halogens is 1. The first kappa shape index (κ1) is 23.5. The summed E-state index contributed by atoms with van der Waals surface area (Å²) in [6.45, 7) is 2.90. The predicted octanol–water partition coefficient (Wildman–Crippen LogP) is 5.00. The molecule has 2 aromatic carbocycles. The number of amides is 1. The van der Waals surface area contributed by atoms with Crippen LogP contribution in [0.1, 0.15) is 35.6 Å². The third-order valence-electron chi connectivity index (χ3n) is 5.56. The Labute approximate surface area is 197 Å². The number of sulfonamides is 1. The van der Waals surface area contributed by atoms with Crippen LogP contribution in [0, 0.1) is 12.7 Å². The lowest BCUT2D eigenvalue weighted by atomic mass is 10.1. The summed E-state index contributed by atoms with van der Waals surface area (Å²) in [6, 6.07) is 12.4. The number of aryl methyl sites for hydroxylation is 1. The maximum Gasteiger partial charge on any atom is 0.243 e. The molecule has 1 fully saturated rings. The monoisotopic (exact) mass is 487 g/mol. The van der Waals surface area contributed by atoms with Crippen LogP contribution in [0.15, 0.2) is 53.4 Å². The van der Waals surface area contributed by atoms with Gasteiger partial charge in [-0.25, -0.2) is 17.8 Å². The second-order valence-corrected chi connectivity index (χ2v) is 11.3. The largest absolute Gasteiger partial charge is 0.326 e. The number of nitrogens with zero attached hydrogens (tertiary/aromatic N) is 2. The van der Waals surface area contributed by atoms with Gasteiger partial charge < -0.3 is 5.32 Å². The van der Waals surface area contributed by atoms with E-state index in [4.69, 9.17) is 0 Å². The van der Waals surface area contributed by atoms with Gasteiger partial charge in [-0.2, -0.15) is 4.31 Å². The smallest absolute Gasteiger partial charge is 0.243 e. The summed E-state index contributed by atoms with van der Waals surface area (Å²) in [5.41, 5.74) is 1.83. The number of hydrogen-bond donors (Lipinski definition) is 1. The second kappa shape index (κ2) is 10.1. The molecule has 1 N–H and O–H groups in total. The predicted molar refractivity (Wildman–Crippen MR) is 128 cm³/mol. The number of rotatable bonds is 6. The van der Waals surface area contributed by atoms with Crippen molar-refractivity contribution < 1.29 is 17.6 Å². The van der Waals surface area contributed by atoms with Gasteiger partial charge in [0, 0.05) is 29.2 Å². The Bertz CT molecular complexity index is 1230. The molecule has 0 saturated carbocycles. The minimum Gasteiger partial charge on any atom is -0.326 e. The maximum absolute atomic E-state index is 13.3. The first-order chi connectivity index (χ1) is 15.8. The maximum atomic E-state index is 13.3. The first-order valence-corrected chi connectivity index (χ1v) is 13.2. The number of aromatic nitrogens is 1. The standard InChI is InChI=1S/C24H26FN3O3S2/c1-17-26-24(18-9-11-19(25)12-10-18)22(32-17)16-23(29)27-20-7-6-8-21(15-20)33(30,31)28-13-4-2-3-5-14-28/h6-12,15H,2-5,13-14,16H2,1H3,(H,27,29). The van der Waals surface area contributed by atoms with Gasteiger partial charge in [0.25, 0.3) is 0 Å². The average molecular weight is 488 g/mol. The van der Waals surface area contributed by atoms with Gasteiger partial charge in [-0.15, -0.1) is 11.3 Å². The fraction of sp³-hybridized carbons (Fsp3) is 0.333. The Balaban J connectivity index is 1.49. The zero-order valence-electron chi connectivity index (χ0n) is 18.4. The van der Waals surface area contributed by atoms with Crippen LogP contribution in [0.5, 0.6) is 0 Å². The van der Waals surface area contributed by atoms with E-state index >= 15 is 0 Å². The summed E-state index contributed by atoms with van der Waals surface area (Å²) in [5.74, 6) is -0.605. The fourth-order valence-electron chi connectivity index (χ4n) is 3.94. The van der Waals surface area contributed by atoms with Crippen molar-refractivity contribution in [2.24, 2.45) is 0 Å². The lowest BCUT2D eigenvalue weighted by molar-refractivity contribution is -0.115. The Hall–Kier alpha value is -2.62. The van der Waals surface area contributed by atoms with Gasteiger partial charge in [-0.3, -0.25) is 4.79 Å². The summed E-state index contributed by atoms with van der Waals surface area (Å²) in [4.78, 5) is 18.2. The van der Waals surface area contributed by atoms with Gasteiger partial charge in [0.1, 0.15) is 5.82 Å². The number of carbonyl (C=O) groups excluding carboxylic acids is 1. The van der Waals surface area contributed by atoms with Crippen molar-refractivity contribution in [3.05, 3.63) is 64.2 Å². The van der Waals surface area contributed by atoms with E-state index < -0.39 is 10.0 Å². The molecular weight excluding hydrogens is 461 g/mol. The van der Waals surface area contributed by atoms with Crippen LogP contribution in [-0.2, 0) is 21.2 Å². The van der Waals surface area contributed by atoms with Crippen molar-refractivity contribution in [2.75, 3.05) is 18.4 Å². The highest BCUT2D eigenvalue weighted by atomic mass is 32.2. The van der Waals surface area contributed by atoms with Gasteiger partial charge in [0.05, 0.1) is 22.0 Å². The van der Waals surface area contributed by atoms with Crippen molar-refractivity contribution in [3.8, 4) is 11.3 Å². The molecule has 0 aliphatic carbocycles. The van der Waals surface area contributed by atoms with Crippen LogP contribution in [0.25, 0.3) is 11.3 Å². The van der Waals surface area contributed by atoms with Gasteiger partial charge >= 0.3 is 0 Å². The number of carbonyl (C=O) groups is 1. The van der Waals surface area contributed by atoms with Crippen LogP contribution in [0.4, 0.5) is 10.1 Å². The lowest BCUT2D eigenvalue weighted by Crippen LogP contribution is -2.32. The molecular formula is C24H26FN3O3S2. The highest BCUT2D eigenvalue weighted by molar-refractivity contribution is 7.89. The van der Waals surface area contributed by atoms with Gasteiger partial charge in [0.2, 0.25) is 15.9 Å². The molecule has 1 amide bonds. The van der Waals surface area contributed by atoms with Crippen molar-refractivity contribution in [1.82, 2.24) is 9.29 Å². The average Bonchev–Trinajstić information content (AvgIpc) is 2.98. The Kier molecular flexibility index (Phi) is 7.21. The van der Waals surface area contributed by atoms with E-state index in [2.05, 4.69) is 10.3 Å². The molecule has 9 heteroatoms. The zero-order chi connectivity index (χ0) is 23.4. The fourth-order valence-corrected chi connectivity index (χ4v) is 6.46. The minimum atomic E-state index is -3.60. The van der Waals surface area contributed by atoms with Crippen LogP contribution < -0.4 is 5.32 Å². The Morgan fingerprint density at radius 2 is 1.79 bits per heavy atom. The van der Waals surface area contributed by atoms with Gasteiger partial charge in [0.15, 0.2) is 0 Å². The molecule has 174 valence electrons. The molecule has 2 heterocycles. The first-order valence-electron chi connectivity index (χ1n) is 11.0. The Morgan fingerprint density at radius 3 is 2.48 bits per heavy atom. The summed E-state index contributed by atoms with van der Waals surface area (Å²) in [7, 11) is -3.60. The third-order valence-corrected chi connectivity index (χ3v) is 8.43. The quantitative estimate of drug-likeness (QED) is 0.531. The molecule has 1 aliphatic heterocycles. The summed E-state index contributed by atoms with van der Waals surface area (Å²) in [6.07, 6.45) is 3.89. The van der Waals surface area contributed by atoms with Crippen LogP contribution >= 0.6 is 11.3 Å². The van der Waals surface area contributed by atoms with E-state index in [1.165, 1.54) is 33.8 Å². The molecule has 33 heavy (non-hydrogen) atoms. The van der Waals surface area contributed by atoms with Crippen molar-refractivity contribution >= 4 is 33.0 Å². The van der Waals surface area contributed by atoms with Crippen LogP contribution in [-0.4, -0.2) is 36.7 Å². The highest BCUT2D eigenvalue weighted by Crippen LogP contribution is 2.29. The third kappa shape index (κ3) is 5.66. The molecule has 0 spiro atoms. The molecule has 1 saturated heterocycles. The molecule has 3 aromatic rings. The summed E-state index contributed by atoms with van der Waals surface area (Å²) < 4.78 is 41.0. The molecule has 0 radical (unpaired) electrons. The molecule has 1 aromatic heterocycles. The van der Waals surface area contributed by atoms with Gasteiger partial charge in [-0.05, 0) is 62.2 Å². The lowest BCUT2D eigenvalue weighted by Gasteiger charge is -2.20. The van der Waals surface area contributed by atoms with Crippen molar-refractivity contribution in [2.45, 2.75) is 43.9 Å². The number of thiazole rings is 1. The van der Waals surface area contributed by atoms with Gasteiger partial charge in [-0.1, -0.05) is 18.9 Å². The molecule has 0 bridgehead atoms. The van der Waals surface area contributed by atoms with Crippen LogP contribution in [0.3, 0.4) is 0 Å². The van der Waals surface area contributed by atoms with E-state index in [1.54, 1.807) is 30.3 Å². The SMILES string of the molecule is Cc1nc(-c2ccc(F)cc2)c(CC(=O)Nc2cccc(S(=O)(=O)N3CCCCCC3)c2)s1. The zero-order valence-corrected chi connectivity index (χ0v) is 20.0. The van der Waals surface area contributed by atoms with E-state index in [0.717, 1.165) is 41.1 Å². The molecule has 0 atom stereocenters. The second-order valence-electron chi connectivity index (χ2n) is 8.08. The molecule has 6 nitrogen and oxygen atoms in total. The number of anilines is 1. The number of benzene rings is 2. The van der Waals surface area contributed by atoms with Crippen molar-refractivity contribution in [3.63, 3.8) is 0 Å². The summed E-state index contributed by atoms with van der Waals surface area (Å²) >= 11 is 1.41. The van der Waals surface area contributed by atoms with Crippen molar-refractivity contribution in [1.29, 1.82) is 0 Å². The summed E-state index contributed by atoms with van der Waals surface area (Å²) in [5, 5.41) is 3.62. The van der Waals surface area contributed by atoms with E-state index in [-0.39, 0.29) is 23.0 Å².